The SMILES string of the molecule is CCCCCCCCCCCCOc1ccccc1C1CC1CNC(=O)CCC. The third-order valence-corrected chi connectivity index (χ3v) is 6.04. The maximum Gasteiger partial charge on any atom is 0.219 e. The Morgan fingerprint density at radius 2 is 1.59 bits per heavy atom. The molecule has 0 aliphatic heterocycles. The summed E-state index contributed by atoms with van der Waals surface area (Å²) in [6.45, 7) is 5.94. The molecule has 2 unspecified atom stereocenters. The van der Waals surface area contributed by atoms with Crippen LogP contribution in [0.3, 0.4) is 0 Å². The summed E-state index contributed by atoms with van der Waals surface area (Å²) in [7, 11) is 0. The van der Waals surface area contributed by atoms with Gasteiger partial charge in [-0.3, -0.25) is 4.79 Å². The molecular formula is C26H43NO2. The predicted octanol–water partition coefficient (Wildman–Crippen LogP) is 7.01. The summed E-state index contributed by atoms with van der Waals surface area (Å²) in [5.74, 6) is 2.35. The van der Waals surface area contributed by atoms with E-state index in [1.807, 2.05) is 6.92 Å². The van der Waals surface area contributed by atoms with Gasteiger partial charge in [0.25, 0.3) is 0 Å². The van der Waals surface area contributed by atoms with Gasteiger partial charge in [-0.2, -0.15) is 0 Å². The fourth-order valence-corrected chi connectivity index (χ4v) is 4.10. The molecule has 29 heavy (non-hydrogen) atoms. The number of amides is 1. The Morgan fingerprint density at radius 1 is 0.931 bits per heavy atom. The third-order valence-electron chi connectivity index (χ3n) is 6.04. The summed E-state index contributed by atoms with van der Waals surface area (Å²) in [6.07, 6.45) is 16.2. The number of carbonyl (C=O) groups excluding carboxylic acids is 1. The molecule has 0 aromatic heterocycles. The van der Waals surface area contributed by atoms with E-state index in [-0.39, 0.29) is 5.91 Å². The van der Waals surface area contributed by atoms with Gasteiger partial charge in [0.05, 0.1) is 6.61 Å². The molecule has 0 radical (unpaired) electrons. The van der Waals surface area contributed by atoms with Crippen LogP contribution in [-0.4, -0.2) is 19.1 Å². The van der Waals surface area contributed by atoms with Crippen molar-refractivity contribution in [3.63, 3.8) is 0 Å². The van der Waals surface area contributed by atoms with Crippen molar-refractivity contribution in [2.24, 2.45) is 5.92 Å². The minimum Gasteiger partial charge on any atom is -0.493 e. The first-order valence-corrected chi connectivity index (χ1v) is 12.2. The van der Waals surface area contributed by atoms with Gasteiger partial charge in [-0.25, -0.2) is 0 Å². The van der Waals surface area contributed by atoms with Gasteiger partial charge in [0.15, 0.2) is 0 Å². The second-order valence-electron chi connectivity index (χ2n) is 8.72. The molecule has 0 heterocycles. The number of hydrogen-bond acceptors (Lipinski definition) is 2. The van der Waals surface area contributed by atoms with Crippen molar-refractivity contribution in [2.75, 3.05) is 13.2 Å². The van der Waals surface area contributed by atoms with E-state index in [1.54, 1.807) is 0 Å². The molecule has 2 rings (SSSR count). The average Bonchev–Trinajstić information content (AvgIpc) is 3.50. The Kier molecular flexibility index (Phi) is 11.9. The smallest absolute Gasteiger partial charge is 0.219 e. The van der Waals surface area contributed by atoms with Crippen LogP contribution < -0.4 is 10.1 Å². The number of nitrogens with one attached hydrogen (secondary N) is 1. The van der Waals surface area contributed by atoms with E-state index in [0.29, 0.717) is 18.3 Å². The first kappa shape index (κ1) is 23.8. The lowest BCUT2D eigenvalue weighted by Crippen LogP contribution is -2.25. The van der Waals surface area contributed by atoms with Crippen LogP contribution in [0, 0.1) is 5.92 Å². The van der Waals surface area contributed by atoms with Crippen LogP contribution in [0.15, 0.2) is 24.3 Å². The number of benzene rings is 1. The Hall–Kier alpha value is -1.51. The van der Waals surface area contributed by atoms with Crippen molar-refractivity contribution in [1.29, 1.82) is 0 Å². The maximum absolute atomic E-state index is 11.7. The molecule has 1 N–H and O–H groups in total. The molecule has 0 spiro atoms. The highest BCUT2D eigenvalue weighted by molar-refractivity contribution is 5.75. The molecule has 1 aromatic carbocycles. The van der Waals surface area contributed by atoms with Crippen molar-refractivity contribution >= 4 is 5.91 Å². The molecule has 1 aliphatic rings. The van der Waals surface area contributed by atoms with Gasteiger partial charge in [0, 0.05) is 13.0 Å². The van der Waals surface area contributed by atoms with Crippen LogP contribution >= 0.6 is 0 Å². The first-order chi connectivity index (χ1) is 14.3. The molecule has 2 atom stereocenters. The highest BCUT2D eigenvalue weighted by atomic mass is 16.5. The van der Waals surface area contributed by atoms with E-state index in [4.69, 9.17) is 4.74 Å². The zero-order valence-electron chi connectivity index (χ0n) is 18.9. The molecule has 0 bridgehead atoms. The van der Waals surface area contributed by atoms with Gasteiger partial charge in [-0.05, 0) is 42.7 Å². The minimum absolute atomic E-state index is 0.184. The normalized spacial score (nSPS) is 17.9. The second-order valence-corrected chi connectivity index (χ2v) is 8.72. The lowest BCUT2D eigenvalue weighted by Gasteiger charge is -2.12. The van der Waals surface area contributed by atoms with Crippen molar-refractivity contribution in [1.82, 2.24) is 5.32 Å². The fraction of sp³-hybridized carbons (Fsp3) is 0.731. The van der Waals surface area contributed by atoms with Crippen molar-refractivity contribution < 1.29 is 9.53 Å². The van der Waals surface area contributed by atoms with Crippen molar-refractivity contribution in [2.45, 2.75) is 103 Å². The summed E-state index contributed by atoms with van der Waals surface area (Å²) in [4.78, 5) is 11.7. The molecule has 3 nitrogen and oxygen atoms in total. The van der Waals surface area contributed by atoms with E-state index in [1.165, 1.54) is 63.4 Å². The van der Waals surface area contributed by atoms with E-state index >= 15 is 0 Å². The molecule has 1 fully saturated rings. The van der Waals surface area contributed by atoms with E-state index in [0.717, 1.165) is 38.2 Å². The maximum atomic E-state index is 11.7. The standard InChI is InChI=1S/C26H43NO2/c1-3-5-6-7-8-9-10-11-12-15-19-29-25-18-14-13-17-23(25)24-20-22(24)21-27-26(28)16-4-2/h13-14,17-18,22,24H,3-12,15-16,19-21H2,1-2H3,(H,27,28). The lowest BCUT2D eigenvalue weighted by molar-refractivity contribution is -0.121. The van der Waals surface area contributed by atoms with E-state index in [9.17, 15) is 4.79 Å². The van der Waals surface area contributed by atoms with Crippen LogP contribution in [0.4, 0.5) is 0 Å². The molecule has 164 valence electrons. The first-order valence-electron chi connectivity index (χ1n) is 12.2. The zero-order chi connectivity index (χ0) is 20.7. The largest absolute Gasteiger partial charge is 0.493 e. The summed E-state index contributed by atoms with van der Waals surface area (Å²) < 4.78 is 6.14. The number of carbonyl (C=O) groups is 1. The van der Waals surface area contributed by atoms with Crippen LogP contribution in [0.2, 0.25) is 0 Å². The average molecular weight is 402 g/mol. The highest BCUT2D eigenvalue weighted by Gasteiger charge is 2.39. The summed E-state index contributed by atoms with van der Waals surface area (Å²) in [5, 5.41) is 3.08. The molecule has 3 heteroatoms. The third kappa shape index (κ3) is 9.69. The highest BCUT2D eigenvalue weighted by Crippen LogP contribution is 2.49. The zero-order valence-corrected chi connectivity index (χ0v) is 18.9. The molecule has 1 saturated carbocycles. The van der Waals surface area contributed by atoms with E-state index < -0.39 is 0 Å². The predicted molar refractivity (Wildman–Crippen MR) is 123 cm³/mol. The molecule has 1 aromatic rings. The number of unbranched alkanes of at least 4 members (excludes halogenated alkanes) is 9. The van der Waals surface area contributed by atoms with Crippen molar-refractivity contribution in [3.8, 4) is 5.75 Å². The Morgan fingerprint density at radius 3 is 2.28 bits per heavy atom. The summed E-state index contributed by atoms with van der Waals surface area (Å²) in [6, 6.07) is 8.48. The Bertz CT molecular complexity index is 572. The number of ether oxygens (including phenoxy) is 1. The monoisotopic (exact) mass is 401 g/mol. The number of para-hydroxylation sites is 1. The van der Waals surface area contributed by atoms with Gasteiger partial charge in [-0.1, -0.05) is 89.8 Å². The van der Waals surface area contributed by atoms with Gasteiger partial charge in [0.1, 0.15) is 5.75 Å². The molecular weight excluding hydrogens is 358 g/mol. The van der Waals surface area contributed by atoms with Crippen LogP contribution in [0.5, 0.6) is 5.75 Å². The topological polar surface area (TPSA) is 38.3 Å². The Labute approximate surface area is 179 Å². The van der Waals surface area contributed by atoms with Crippen LogP contribution in [0.25, 0.3) is 0 Å². The van der Waals surface area contributed by atoms with E-state index in [2.05, 4.69) is 36.5 Å². The fourth-order valence-electron chi connectivity index (χ4n) is 4.10. The number of rotatable bonds is 17. The molecule has 1 aliphatic carbocycles. The van der Waals surface area contributed by atoms with Gasteiger partial charge < -0.3 is 10.1 Å². The second kappa shape index (κ2) is 14.5. The lowest BCUT2D eigenvalue weighted by atomic mass is 10.1. The van der Waals surface area contributed by atoms with Crippen LogP contribution in [-0.2, 0) is 4.79 Å². The van der Waals surface area contributed by atoms with Gasteiger partial charge >= 0.3 is 0 Å². The van der Waals surface area contributed by atoms with Crippen molar-refractivity contribution in [3.05, 3.63) is 29.8 Å². The minimum atomic E-state index is 0.184. The summed E-state index contributed by atoms with van der Waals surface area (Å²) in [5.41, 5.74) is 1.33. The number of hydrogen-bond donors (Lipinski definition) is 1. The van der Waals surface area contributed by atoms with Gasteiger partial charge in [0.2, 0.25) is 5.91 Å². The molecule has 1 amide bonds. The quantitative estimate of drug-likeness (QED) is 0.285. The molecule has 0 saturated heterocycles. The Balaban J connectivity index is 1.57. The van der Waals surface area contributed by atoms with Crippen LogP contribution in [0.1, 0.15) is 109 Å². The van der Waals surface area contributed by atoms with Gasteiger partial charge in [-0.15, -0.1) is 0 Å². The summed E-state index contributed by atoms with van der Waals surface area (Å²) >= 11 is 0.